The lowest BCUT2D eigenvalue weighted by molar-refractivity contribution is 0.220. The third-order valence-corrected chi connectivity index (χ3v) is 2.04. The quantitative estimate of drug-likeness (QED) is 0.631. The molecule has 0 atom stereocenters. The van der Waals surface area contributed by atoms with E-state index in [0.29, 0.717) is 0 Å². The zero-order valence-electron chi connectivity index (χ0n) is 7.89. The first kappa shape index (κ1) is 9.24. The first-order valence-corrected chi connectivity index (χ1v) is 4.33. The Kier molecular flexibility index (Phi) is 2.51. The van der Waals surface area contributed by atoms with Gasteiger partial charge >= 0.3 is 0 Å². The molecule has 0 N–H and O–H groups in total. The maximum atomic E-state index is 13.6. The van der Waals surface area contributed by atoms with Crippen LogP contribution in [-0.2, 0) is 12.1 Å². The maximum Gasteiger partial charge on any atom is 0.130 e. The van der Waals surface area contributed by atoms with Gasteiger partial charge in [0.1, 0.15) is 5.67 Å². The fourth-order valence-corrected chi connectivity index (χ4v) is 1.41. The van der Waals surface area contributed by atoms with Crippen LogP contribution in [0.15, 0.2) is 24.3 Å². The minimum atomic E-state index is -1.22. The number of aryl methyl sites for hydroxylation is 1. The molecule has 1 rings (SSSR count). The molecule has 0 heterocycles. The van der Waals surface area contributed by atoms with E-state index in [1.165, 1.54) is 0 Å². The van der Waals surface area contributed by atoms with E-state index in [1.807, 2.05) is 31.2 Å². The molecule has 1 aromatic carbocycles. The van der Waals surface area contributed by atoms with Crippen molar-refractivity contribution in [2.75, 3.05) is 0 Å². The van der Waals surface area contributed by atoms with Crippen molar-refractivity contribution in [3.8, 4) is 0 Å². The molecular formula is C11H15F. The molecule has 0 aliphatic heterocycles. The zero-order chi connectivity index (χ0) is 9.19. The highest BCUT2D eigenvalue weighted by atomic mass is 19.1. The van der Waals surface area contributed by atoms with Crippen LogP contribution in [0, 0.1) is 0 Å². The fourth-order valence-electron chi connectivity index (χ4n) is 1.41. The van der Waals surface area contributed by atoms with Gasteiger partial charge in [0.25, 0.3) is 0 Å². The first-order chi connectivity index (χ1) is 5.55. The van der Waals surface area contributed by atoms with E-state index in [1.54, 1.807) is 13.8 Å². The van der Waals surface area contributed by atoms with E-state index in [2.05, 4.69) is 0 Å². The van der Waals surface area contributed by atoms with Crippen molar-refractivity contribution < 1.29 is 4.39 Å². The molecular weight excluding hydrogens is 151 g/mol. The summed E-state index contributed by atoms with van der Waals surface area (Å²) in [7, 11) is 0. The average Bonchev–Trinajstić information content (AvgIpc) is 2.03. The number of rotatable bonds is 2. The summed E-state index contributed by atoms with van der Waals surface area (Å²) in [6.45, 7) is 5.24. The molecule has 0 fully saturated rings. The normalized spacial score (nSPS) is 11.7. The second-order valence-corrected chi connectivity index (χ2v) is 3.48. The van der Waals surface area contributed by atoms with Gasteiger partial charge in [-0.1, -0.05) is 31.2 Å². The van der Waals surface area contributed by atoms with Crippen LogP contribution < -0.4 is 0 Å². The molecule has 1 aromatic rings. The highest BCUT2D eigenvalue weighted by Gasteiger charge is 2.20. The highest BCUT2D eigenvalue weighted by Crippen LogP contribution is 2.27. The fraction of sp³-hybridized carbons (Fsp3) is 0.455. The van der Waals surface area contributed by atoms with E-state index >= 15 is 0 Å². The summed E-state index contributed by atoms with van der Waals surface area (Å²) in [5, 5.41) is 0. The van der Waals surface area contributed by atoms with E-state index < -0.39 is 5.67 Å². The van der Waals surface area contributed by atoms with Crippen molar-refractivity contribution in [3.63, 3.8) is 0 Å². The minimum absolute atomic E-state index is 0.813. The summed E-state index contributed by atoms with van der Waals surface area (Å²) in [5.41, 5.74) is 0.699. The van der Waals surface area contributed by atoms with E-state index in [0.717, 1.165) is 17.5 Å². The van der Waals surface area contributed by atoms with E-state index in [4.69, 9.17) is 0 Å². The minimum Gasteiger partial charge on any atom is -0.239 e. The van der Waals surface area contributed by atoms with E-state index in [-0.39, 0.29) is 0 Å². The van der Waals surface area contributed by atoms with Gasteiger partial charge in [-0.3, -0.25) is 0 Å². The van der Waals surface area contributed by atoms with Crippen LogP contribution in [-0.4, -0.2) is 0 Å². The van der Waals surface area contributed by atoms with E-state index in [9.17, 15) is 4.39 Å². The highest BCUT2D eigenvalue weighted by molar-refractivity contribution is 5.31. The third-order valence-electron chi connectivity index (χ3n) is 2.04. The summed E-state index contributed by atoms with van der Waals surface area (Å²) in [6.07, 6.45) is 0.892. The SMILES string of the molecule is CCc1ccccc1C(C)(C)F. The van der Waals surface area contributed by atoms with Gasteiger partial charge in [0.2, 0.25) is 0 Å². The monoisotopic (exact) mass is 166 g/mol. The molecule has 0 bridgehead atoms. The van der Waals surface area contributed by atoms with Gasteiger partial charge in [-0.15, -0.1) is 0 Å². The third kappa shape index (κ3) is 1.84. The topological polar surface area (TPSA) is 0 Å². The molecule has 0 unspecified atom stereocenters. The van der Waals surface area contributed by atoms with Gasteiger partial charge in [0, 0.05) is 0 Å². The molecule has 0 saturated heterocycles. The molecule has 0 nitrogen and oxygen atoms in total. The van der Waals surface area contributed by atoms with Crippen LogP contribution >= 0.6 is 0 Å². The van der Waals surface area contributed by atoms with Crippen LogP contribution in [0.25, 0.3) is 0 Å². The Morgan fingerprint density at radius 2 is 1.83 bits per heavy atom. The van der Waals surface area contributed by atoms with Gasteiger partial charge < -0.3 is 0 Å². The van der Waals surface area contributed by atoms with Crippen LogP contribution in [0.2, 0.25) is 0 Å². The molecule has 0 aliphatic carbocycles. The standard InChI is InChI=1S/C11H15F/c1-4-9-7-5-6-8-10(9)11(2,3)12/h5-8H,4H2,1-3H3. The van der Waals surface area contributed by atoms with Gasteiger partial charge in [-0.05, 0) is 31.4 Å². The number of halogens is 1. The Balaban J connectivity index is 3.14. The summed E-state index contributed by atoms with van der Waals surface area (Å²) in [4.78, 5) is 0. The number of hydrogen-bond donors (Lipinski definition) is 0. The molecule has 1 heteroatoms. The predicted molar refractivity (Wildman–Crippen MR) is 50.0 cm³/mol. The van der Waals surface area contributed by atoms with Crippen molar-refractivity contribution in [1.29, 1.82) is 0 Å². The molecule has 0 aromatic heterocycles. The summed E-state index contributed by atoms with van der Waals surface area (Å²) in [6, 6.07) is 7.68. The molecule has 0 amide bonds. The van der Waals surface area contributed by atoms with Crippen molar-refractivity contribution in [2.45, 2.75) is 32.9 Å². The lowest BCUT2D eigenvalue weighted by atomic mass is 9.93. The Hall–Kier alpha value is -0.850. The second kappa shape index (κ2) is 3.26. The van der Waals surface area contributed by atoms with Crippen molar-refractivity contribution >= 4 is 0 Å². The average molecular weight is 166 g/mol. The van der Waals surface area contributed by atoms with Crippen molar-refractivity contribution in [2.24, 2.45) is 0 Å². The molecule has 0 saturated carbocycles. The van der Waals surface area contributed by atoms with Gasteiger partial charge in [-0.25, -0.2) is 4.39 Å². The Morgan fingerprint density at radius 3 is 2.25 bits per heavy atom. The molecule has 0 spiro atoms. The smallest absolute Gasteiger partial charge is 0.130 e. The van der Waals surface area contributed by atoms with Crippen LogP contribution in [0.3, 0.4) is 0 Å². The van der Waals surface area contributed by atoms with Gasteiger partial charge in [-0.2, -0.15) is 0 Å². The number of hydrogen-bond acceptors (Lipinski definition) is 0. The second-order valence-electron chi connectivity index (χ2n) is 3.48. The van der Waals surface area contributed by atoms with Gasteiger partial charge in [0.15, 0.2) is 0 Å². The Labute approximate surface area is 73.4 Å². The predicted octanol–water partition coefficient (Wildman–Crippen LogP) is 3.45. The number of benzene rings is 1. The first-order valence-electron chi connectivity index (χ1n) is 4.33. The molecule has 0 radical (unpaired) electrons. The van der Waals surface area contributed by atoms with Crippen molar-refractivity contribution in [3.05, 3.63) is 35.4 Å². The maximum absolute atomic E-state index is 13.6. The van der Waals surface area contributed by atoms with Crippen LogP contribution in [0.4, 0.5) is 4.39 Å². The Morgan fingerprint density at radius 1 is 1.25 bits per heavy atom. The number of alkyl halides is 1. The van der Waals surface area contributed by atoms with Crippen LogP contribution in [0.1, 0.15) is 31.9 Å². The zero-order valence-corrected chi connectivity index (χ0v) is 7.89. The van der Waals surface area contributed by atoms with Crippen molar-refractivity contribution in [1.82, 2.24) is 0 Å². The summed E-state index contributed by atoms with van der Waals surface area (Å²) < 4.78 is 13.6. The van der Waals surface area contributed by atoms with Crippen LogP contribution in [0.5, 0.6) is 0 Å². The lowest BCUT2D eigenvalue weighted by Crippen LogP contribution is -2.11. The Bertz CT molecular complexity index is 258. The molecule has 66 valence electrons. The summed E-state index contributed by atoms with van der Waals surface area (Å²) >= 11 is 0. The lowest BCUT2D eigenvalue weighted by Gasteiger charge is -2.18. The van der Waals surface area contributed by atoms with Gasteiger partial charge in [0.05, 0.1) is 0 Å². The molecule has 12 heavy (non-hydrogen) atoms. The summed E-state index contributed by atoms with van der Waals surface area (Å²) in [5.74, 6) is 0. The largest absolute Gasteiger partial charge is 0.239 e. The molecule has 0 aliphatic rings.